The lowest BCUT2D eigenvalue weighted by Gasteiger charge is -2.31. The molecule has 1 aliphatic rings. The van der Waals surface area contributed by atoms with E-state index in [0.717, 1.165) is 28.1 Å². The van der Waals surface area contributed by atoms with Crippen molar-refractivity contribution in [2.45, 2.75) is 19.5 Å². The number of fused-ring (bicyclic) bond motifs is 3. The van der Waals surface area contributed by atoms with Crippen molar-refractivity contribution in [2.75, 3.05) is 19.5 Å². The van der Waals surface area contributed by atoms with Crippen molar-refractivity contribution < 1.29 is 14.3 Å². The van der Waals surface area contributed by atoms with Crippen molar-refractivity contribution in [2.24, 2.45) is 0 Å². The average molecular weight is 488 g/mol. The molecule has 4 aromatic rings. The number of amides is 2. The summed E-state index contributed by atoms with van der Waals surface area (Å²) in [7, 11) is 3.22. The summed E-state index contributed by atoms with van der Waals surface area (Å²) in [6.45, 7) is 2.31. The molecule has 1 atom stereocenters. The molecular weight excluding hydrogens is 462 g/mol. The number of halogens is 1. The molecule has 3 aromatic carbocycles. The number of urea groups is 1. The summed E-state index contributed by atoms with van der Waals surface area (Å²) in [4.78, 5) is 15.7. The molecule has 0 fully saturated rings. The third-order valence-corrected chi connectivity index (χ3v) is 6.87. The van der Waals surface area contributed by atoms with Gasteiger partial charge in [0.15, 0.2) is 11.5 Å². The maximum absolute atomic E-state index is 13.9. The van der Waals surface area contributed by atoms with E-state index in [1.165, 1.54) is 0 Å². The maximum atomic E-state index is 13.9. The summed E-state index contributed by atoms with van der Waals surface area (Å²) in [5.41, 5.74) is 5.48. The fourth-order valence-electron chi connectivity index (χ4n) is 4.64. The van der Waals surface area contributed by atoms with E-state index in [1.54, 1.807) is 14.2 Å². The van der Waals surface area contributed by atoms with Crippen LogP contribution in [0.15, 0.2) is 79.0 Å². The van der Waals surface area contributed by atoms with Crippen LogP contribution in [0, 0.1) is 6.92 Å². The summed E-state index contributed by atoms with van der Waals surface area (Å²) in [5, 5.41) is 3.70. The van der Waals surface area contributed by atoms with Crippen LogP contribution in [0.5, 0.6) is 11.5 Å². The first kappa shape index (κ1) is 22.9. The van der Waals surface area contributed by atoms with E-state index in [9.17, 15) is 4.79 Å². The molecule has 2 heterocycles. The predicted octanol–water partition coefficient (Wildman–Crippen LogP) is 6.59. The molecule has 5 rings (SSSR count). The molecule has 0 saturated heterocycles. The third-order valence-electron chi connectivity index (χ3n) is 6.46. The molecule has 0 saturated carbocycles. The van der Waals surface area contributed by atoms with Crippen LogP contribution in [-0.2, 0) is 6.54 Å². The van der Waals surface area contributed by atoms with Gasteiger partial charge >= 0.3 is 6.03 Å². The minimum atomic E-state index is -0.378. The van der Waals surface area contributed by atoms with Gasteiger partial charge in [-0.25, -0.2) is 4.79 Å². The van der Waals surface area contributed by atoms with Crippen molar-refractivity contribution in [1.82, 2.24) is 9.47 Å². The molecule has 178 valence electrons. The topological polar surface area (TPSA) is 55.7 Å². The lowest BCUT2D eigenvalue weighted by molar-refractivity contribution is 0.194. The largest absolute Gasteiger partial charge is 0.493 e. The number of benzene rings is 3. The highest BCUT2D eigenvalue weighted by Crippen LogP contribution is 2.40. The molecule has 0 aliphatic carbocycles. The fraction of sp³-hybridized carbons (Fsp3) is 0.179. The van der Waals surface area contributed by atoms with E-state index < -0.39 is 0 Å². The lowest BCUT2D eigenvalue weighted by Crippen LogP contribution is -2.38. The number of anilines is 1. The third kappa shape index (κ3) is 4.10. The highest BCUT2D eigenvalue weighted by molar-refractivity contribution is 6.31. The summed E-state index contributed by atoms with van der Waals surface area (Å²) >= 11 is 6.32. The molecule has 1 N–H and O–H groups in total. The molecule has 2 amide bonds. The zero-order valence-electron chi connectivity index (χ0n) is 19.8. The number of methoxy groups -OCH3 is 2. The molecule has 35 heavy (non-hydrogen) atoms. The second kappa shape index (κ2) is 9.39. The Morgan fingerprint density at radius 1 is 0.971 bits per heavy atom. The zero-order chi connectivity index (χ0) is 24.5. The van der Waals surface area contributed by atoms with Crippen LogP contribution in [0.4, 0.5) is 10.5 Å². The van der Waals surface area contributed by atoms with Gasteiger partial charge in [0.2, 0.25) is 0 Å². The maximum Gasteiger partial charge on any atom is 0.322 e. The van der Waals surface area contributed by atoms with Gasteiger partial charge in [0.1, 0.15) is 0 Å². The fourth-order valence-corrected chi connectivity index (χ4v) is 4.82. The molecule has 7 heteroatoms. The monoisotopic (exact) mass is 487 g/mol. The van der Waals surface area contributed by atoms with Gasteiger partial charge in [-0.1, -0.05) is 41.9 Å². The van der Waals surface area contributed by atoms with Crippen LogP contribution in [0.1, 0.15) is 28.4 Å². The highest BCUT2D eigenvalue weighted by Gasteiger charge is 2.33. The van der Waals surface area contributed by atoms with Crippen molar-refractivity contribution in [3.63, 3.8) is 0 Å². The molecule has 0 bridgehead atoms. The normalized spacial score (nSPS) is 14.5. The van der Waals surface area contributed by atoms with Gasteiger partial charge in [0, 0.05) is 22.6 Å². The van der Waals surface area contributed by atoms with Crippen LogP contribution in [0.25, 0.3) is 5.69 Å². The van der Waals surface area contributed by atoms with Gasteiger partial charge < -0.3 is 24.3 Å². The zero-order valence-corrected chi connectivity index (χ0v) is 20.5. The van der Waals surface area contributed by atoms with Gasteiger partial charge in [0.25, 0.3) is 0 Å². The quantitative estimate of drug-likeness (QED) is 0.353. The van der Waals surface area contributed by atoms with Crippen molar-refractivity contribution >= 4 is 23.3 Å². The average Bonchev–Trinajstić information content (AvgIpc) is 3.30. The van der Waals surface area contributed by atoms with Crippen LogP contribution in [0.3, 0.4) is 0 Å². The number of carbonyl (C=O) groups excluding carboxylic acids is 1. The molecule has 0 spiro atoms. The summed E-state index contributed by atoms with van der Waals surface area (Å²) in [6, 6.07) is 22.9. The van der Waals surface area contributed by atoms with Crippen molar-refractivity contribution in [1.29, 1.82) is 0 Å². The number of ether oxygens (including phenoxy) is 2. The highest BCUT2D eigenvalue weighted by atomic mass is 35.5. The van der Waals surface area contributed by atoms with Crippen LogP contribution >= 0.6 is 11.6 Å². The molecule has 0 unspecified atom stereocenters. The van der Waals surface area contributed by atoms with Crippen molar-refractivity contribution in [3.05, 3.63) is 106 Å². The Morgan fingerprint density at radius 3 is 2.57 bits per heavy atom. The smallest absolute Gasteiger partial charge is 0.322 e. The number of hydrogen-bond donors (Lipinski definition) is 1. The number of nitrogens with one attached hydrogen (secondary N) is 1. The number of nitrogens with zero attached hydrogens (tertiary/aromatic N) is 2. The Bertz CT molecular complexity index is 1400. The first-order valence-electron chi connectivity index (χ1n) is 11.3. The minimum absolute atomic E-state index is 0.223. The molecule has 1 aromatic heterocycles. The summed E-state index contributed by atoms with van der Waals surface area (Å²) in [6.07, 6.45) is 2.03. The van der Waals surface area contributed by atoms with E-state index in [1.807, 2.05) is 78.7 Å². The summed E-state index contributed by atoms with van der Waals surface area (Å²) in [5.74, 6) is 1.24. The van der Waals surface area contributed by atoms with E-state index in [4.69, 9.17) is 21.1 Å². The Hall–Kier alpha value is -3.90. The van der Waals surface area contributed by atoms with Gasteiger partial charge in [-0.05, 0) is 66.1 Å². The molecule has 1 aliphatic heterocycles. The van der Waals surface area contributed by atoms with Gasteiger partial charge in [-0.3, -0.25) is 0 Å². The van der Waals surface area contributed by atoms with E-state index in [2.05, 4.69) is 22.0 Å². The molecule has 0 radical (unpaired) electrons. The first-order valence-corrected chi connectivity index (χ1v) is 11.7. The van der Waals surface area contributed by atoms with Gasteiger partial charge in [-0.2, -0.15) is 0 Å². The molecule has 6 nitrogen and oxygen atoms in total. The Labute approximate surface area is 209 Å². The van der Waals surface area contributed by atoms with Crippen molar-refractivity contribution in [3.8, 4) is 17.2 Å². The number of aromatic nitrogens is 1. The predicted molar refractivity (Wildman–Crippen MR) is 138 cm³/mol. The number of hydrogen-bond acceptors (Lipinski definition) is 3. The standard InChI is InChI=1S/C28H26ClN3O3/c1-18-21(29)9-6-10-22(18)30-28(33)32-17-20-8-4-5-11-23(20)31-15-7-12-24(31)27(32)19-13-14-25(34-2)26(16-19)35-3/h4-16,27H,17H2,1-3H3,(H,30,33)/t27-/m1/s1. The van der Waals surface area contributed by atoms with E-state index >= 15 is 0 Å². The Balaban J connectivity index is 1.65. The Morgan fingerprint density at radius 2 is 1.77 bits per heavy atom. The van der Waals surface area contributed by atoms with Crippen LogP contribution in [-0.4, -0.2) is 29.7 Å². The van der Waals surface area contributed by atoms with Gasteiger partial charge in [0.05, 0.1) is 32.5 Å². The Kier molecular flexibility index (Phi) is 6.14. The number of carbonyl (C=O) groups is 1. The lowest BCUT2D eigenvalue weighted by atomic mass is 10.0. The van der Waals surface area contributed by atoms with Crippen LogP contribution in [0.2, 0.25) is 5.02 Å². The van der Waals surface area contributed by atoms with Gasteiger partial charge in [-0.15, -0.1) is 0 Å². The number of para-hydroxylation sites is 1. The van der Waals surface area contributed by atoms with Crippen LogP contribution < -0.4 is 14.8 Å². The summed E-state index contributed by atoms with van der Waals surface area (Å²) < 4.78 is 13.2. The second-order valence-corrected chi connectivity index (χ2v) is 8.83. The van der Waals surface area contributed by atoms with E-state index in [-0.39, 0.29) is 12.1 Å². The minimum Gasteiger partial charge on any atom is -0.493 e. The molecular formula is C28H26ClN3O3. The first-order chi connectivity index (χ1) is 17.0. The van der Waals surface area contributed by atoms with E-state index in [0.29, 0.717) is 28.8 Å². The number of rotatable bonds is 4. The second-order valence-electron chi connectivity index (χ2n) is 8.42. The SMILES string of the molecule is COc1ccc([C@@H]2c3cccn3-c3ccccc3CN2C(=O)Nc2cccc(Cl)c2C)cc1OC.